The third kappa shape index (κ3) is 4.69. The van der Waals surface area contributed by atoms with Crippen LogP contribution in [-0.2, 0) is 7.05 Å². The number of rotatable bonds is 6. The molecule has 2 unspecified atom stereocenters. The number of carbonyl (C=O) groups excluding carboxylic acids is 1. The molecule has 0 radical (unpaired) electrons. The van der Waals surface area contributed by atoms with Gasteiger partial charge in [-0.05, 0) is 37.6 Å². The van der Waals surface area contributed by atoms with Crippen molar-refractivity contribution >= 4 is 23.2 Å². The fraction of sp³-hybridized carbons (Fsp3) is 0.250. The zero-order valence-corrected chi connectivity index (χ0v) is 20.5. The molecule has 0 aliphatic rings. The number of amides is 1. The normalized spacial score (nSPS) is 12.8. The fourth-order valence-corrected chi connectivity index (χ4v) is 4.16. The molecule has 0 bridgehead atoms. The number of halogens is 2. The van der Waals surface area contributed by atoms with Gasteiger partial charge in [-0.2, -0.15) is 0 Å². The van der Waals surface area contributed by atoms with E-state index in [2.05, 4.69) is 29.9 Å². The Kier molecular flexibility index (Phi) is 6.84. The lowest BCUT2D eigenvalue weighted by atomic mass is 9.83. The van der Waals surface area contributed by atoms with Crippen LogP contribution < -0.4 is 10.9 Å². The minimum absolute atomic E-state index is 0.138. The smallest absolute Gasteiger partial charge is 0.296 e. The van der Waals surface area contributed by atoms with Gasteiger partial charge in [-0.3, -0.25) is 24.1 Å². The number of aromatic hydroxyl groups is 1. The Hall–Kier alpha value is -4.12. The molecular formula is C24H22ClFN6O4. The lowest BCUT2D eigenvalue weighted by molar-refractivity contribution is 0.101. The van der Waals surface area contributed by atoms with Gasteiger partial charge in [0.05, 0.1) is 23.3 Å². The molecule has 3 heterocycles. The van der Waals surface area contributed by atoms with Crippen LogP contribution in [0.25, 0.3) is 0 Å². The van der Waals surface area contributed by atoms with E-state index >= 15 is 0 Å². The third-order valence-corrected chi connectivity index (χ3v) is 6.28. The van der Waals surface area contributed by atoms with Crippen LogP contribution in [0.15, 0.2) is 46.2 Å². The molecule has 4 rings (SSSR count). The van der Waals surface area contributed by atoms with E-state index in [1.807, 2.05) is 6.92 Å². The first kappa shape index (κ1) is 25.0. The molecule has 3 aromatic heterocycles. The van der Waals surface area contributed by atoms with Gasteiger partial charge < -0.3 is 14.9 Å². The minimum atomic E-state index is -0.840. The lowest BCUT2D eigenvalue weighted by Gasteiger charge is -2.26. The van der Waals surface area contributed by atoms with Crippen LogP contribution in [0.5, 0.6) is 5.75 Å². The van der Waals surface area contributed by atoms with Crippen molar-refractivity contribution in [2.75, 3.05) is 5.32 Å². The van der Waals surface area contributed by atoms with Crippen molar-refractivity contribution < 1.29 is 18.8 Å². The highest BCUT2D eigenvalue weighted by atomic mass is 35.5. The SMILES string of the molecule is Cc1ncc(C(c2cc(F)ccc2Cl)C(C)c2nc(C(=O)Nc3cnoc3)c(O)c(=O)n2C)nc1C. The summed E-state index contributed by atoms with van der Waals surface area (Å²) in [6, 6.07) is 3.96. The van der Waals surface area contributed by atoms with Gasteiger partial charge in [0.2, 0.25) is 5.75 Å². The Morgan fingerprint density at radius 2 is 1.97 bits per heavy atom. The van der Waals surface area contributed by atoms with Crippen LogP contribution >= 0.6 is 11.6 Å². The lowest BCUT2D eigenvalue weighted by Crippen LogP contribution is -2.29. The average molecular weight is 513 g/mol. The summed E-state index contributed by atoms with van der Waals surface area (Å²) in [5, 5.41) is 16.6. The van der Waals surface area contributed by atoms with Crippen molar-refractivity contribution in [2.24, 2.45) is 7.05 Å². The monoisotopic (exact) mass is 512 g/mol. The first-order valence-corrected chi connectivity index (χ1v) is 11.2. The number of aromatic nitrogens is 5. The topological polar surface area (TPSA) is 136 Å². The van der Waals surface area contributed by atoms with Gasteiger partial charge in [0, 0.05) is 30.1 Å². The molecule has 36 heavy (non-hydrogen) atoms. The highest BCUT2D eigenvalue weighted by Gasteiger charge is 2.32. The number of nitrogens with zero attached hydrogens (tertiary/aromatic N) is 5. The molecule has 0 aliphatic heterocycles. The molecule has 2 N–H and O–H groups in total. The summed E-state index contributed by atoms with van der Waals surface area (Å²) in [6.45, 7) is 5.34. The Balaban J connectivity index is 1.88. The maximum Gasteiger partial charge on any atom is 0.296 e. The summed E-state index contributed by atoms with van der Waals surface area (Å²) in [4.78, 5) is 39.1. The Morgan fingerprint density at radius 1 is 1.22 bits per heavy atom. The highest BCUT2D eigenvalue weighted by Crippen LogP contribution is 2.40. The van der Waals surface area contributed by atoms with Crippen molar-refractivity contribution in [1.29, 1.82) is 0 Å². The number of carbonyl (C=O) groups is 1. The maximum absolute atomic E-state index is 14.3. The van der Waals surface area contributed by atoms with E-state index in [0.717, 1.165) is 10.3 Å². The molecule has 2 atom stereocenters. The van der Waals surface area contributed by atoms with Gasteiger partial charge in [-0.1, -0.05) is 23.7 Å². The van der Waals surface area contributed by atoms with E-state index in [-0.39, 0.29) is 16.5 Å². The molecule has 1 amide bonds. The van der Waals surface area contributed by atoms with E-state index in [9.17, 15) is 19.1 Å². The van der Waals surface area contributed by atoms with Crippen molar-refractivity contribution in [3.8, 4) is 5.75 Å². The van der Waals surface area contributed by atoms with Crippen LogP contribution in [0.3, 0.4) is 0 Å². The number of nitrogens with one attached hydrogen (secondary N) is 1. The standard InChI is InChI=1S/C24H22ClFN6O4/c1-11(19(16-7-14(26)5-6-17(16)25)18-9-27-12(2)13(3)29-18)22-31-20(21(33)24(35)32(22)4)23(34)30-15-8-28-36-10-15/h5-11,19,33H,1-4H3,(H,30,34). The summed E-state index contributed by atoms with van der Waals surface area (Å²) in [5.74, 6) is -3.40. The zero-order valence-electron chi connectivity index (χ0n) is 19.8. The molecule has 186 valence electrons. The van der Waals surface area contributed by atoms with Gasteiger partial charge in [-0.15, -0.1) is 0 Å². The first-order valence-electron chi connectivity index (χ1n) is 10.8. The van der Waals surface area contributed by atoms with Crippen molar-refractivity contribution in [1.82, 2.24) is 24.7 Å². The molecule has 0 spiro atoms. The Labute approximate surface area is 209 Å². The maximum atomic E-state index is 14.3. The van der Waals surface area contributed by atoms with Gasteiger partial charge >= 0.3 is 0 Å². The molecule has 4 aromatic rings. The molecular weight excluding hydrogens is 491 g/mol. The second kappa shape index (κ2) is 9.86. The van der Waals surface area contributed by atoms with Crippen LogP contribution in [0.2, 0.25) is 5.02 Å². The number of hydrogen-bond acceptors (Lipinski definition) is 8. The molecule has 0 saturated heterocycles. The van der Waals surface area contributed by atoms with Gasteiger partial charge in [0.15, 0.2) is 5.69 Å². The van der Waals surface area contributed by atoms with Gasteiger partial charge in [0.25, 0.3) is 11.5 Å². The minimum Gasteiger partial charge on any atom is -0.501 e. The number of aryl methyl sites for hydroxylation is 2. The van der Waals surface area contributed by atoms with E-state index in [1.165, 1.54) is 37.7 Å². The van der Waals surface area contributed by atoms with Crippen LogP contribution in [0.1, 0.15) is 57.7 Å². The molecule has 1 aromatic carbocycles. The van der Waals surface area contributed by atoms with Crippen LogP contribution in [0.4, 0.5) is 10.1 Å². The summed E-state index contributed by atoms with van der Waals surface area (Å²) < 4.78 is 20.1. The summed E-state index contributed by atoms with van der Waals surface area (Å²) >= 11 is 6.48. The number of hydrogen-bond donors (Lipinski definition) is 2. The summed E-state index contributed by atoms with van der Waals surface area (Å²) in [5.41, 5.74) is 1.15. The highest BCUT2D eigenvalue weighted by molar-refractivity contribution is 6.31. The predicted molar refractivity (Wildman–Crippen MR) is 129 cm³/mol. The number of anilines is 1. The quantitative estimate of drug-likeness (QED) is 0.397. The summed E-state index contributed by atoms with van der Waals surface area (Å²) in [6.07, 6.45) is 3.99. The van der Waals surface area contributed by atoms with Gasteiger partial charge in [-0.25, -0.2) is 9.37 Å². The largest absolute Gasteiger partial charge is 0.501 e. The van der Waals surface area contributed by atoms with Crippen LogP contribution in [-0.4, -0.2) is 35.7 Å². The van der Waals surface area contributed by atoms with E-state index in [1.54, 1.807) is 20.0 Å². The van der Waals surface area contributed by atoms with Crippen LogP contribution in [0, 0.1) is 19.7 Å². The Bertz CT molecular complexity index is 1510. The zero-order chi connectivity index (χ0) is 26.1. The Morgan fingerprint density at radius 3 is 2.64 bits per heavy atom. The van der Waals surface area contributed by atoms with Gasteiger partial charge in [0.1, 0.15) is 23.6 Å². The summed E-state index contributed by atoms with van der Waals surface area (Å²) in [7, 11) is 1.42. The third-order valence-electron chi connectivity index (χ3n) is 5.94. The van der Waals surface area contributed by atoms with Crippen molar-refractivity contribution in [3.05, 3.63) is 92.2 Å². The molecule has 0 saturated carbocycles. The van der Waals surface area contributed by atoms with Crippen molar-refractivity contribution in [2.45, 2.75) is 32.6 Å². The molecule has 10 nitrogen and oxygen atoms in total. The van der Waals surface area contributed by atoms with E-state index in [4.69, 9.17) is 11.6 Å². The van der Waals surface area contributed by atoms with E-state index in [0.29, 0.717) is 17.0 Å². The fourth-order valence-electron chi connectivity index (χ4n) is 3.93. The van der Waals surface area contributed by atoms with Crippen molar-refractivity contribution in [3.63, 3.8) is 0 Å². The second-order valence-electron chi connectivity index (χ2n) is 8.30. The predicted octanol–water partition coefficient (Wildman–Crippen LogP) is 3.86. The van der Waals surface area contributed by atoms with E-state index < -0.39 is 40.6 Å². The molecule has 0 aliphatic carbocycles. The second-order valence-corrected chi connectivity index (χ2v) is 8.70. The molecule has 12 heteroatoms. The number of benzene rings is 1. The average Bonchev–Trinajstić information content (AvgIpc) is 3.35. The molecule has 0 fully saturated rings. The first-order chi connectivity index (χ1) is 17.1.